The molecule has 0 unspecified atom stereocenters. The third-order valence-electron chi connectivity index (χ3n) is 3.55. The van der Waals surface area contributed by atoms with Crippen LogP contribution in [0.2, 0.25) is 5.02 Å². The average Bonchev–Trinajstić information content (AvgIpc) is 2.46. The standard InChI is InChI=1S/C16H14ClNO/c17-14-5-1-3-11(10-14)12-7-8-15-13(9-12)4-2-6-16(15)18-19/h1,3,5,7-10,19H,2,4,6H2. The number of hydrogen-bond donors (Lipinski definition) is 1. The van der Waals surface area contributed by atoms with Gasteiger partial charge in [0.15, 0.2) is 0 Å². The maximum Gasteiger partial charge on any atom is 0.0870 e. The molecule has 19 heavy (non-hydrogen) atoms. The second-order valence-electron chi connectivity index (χ2n) is 4.78. The molecule has 3 rings (SSSR count). The van der Waals surface area contributed by atoms with Crippen LogP contribution < -0.4 is 0 Å². The van der Waals surface area contributed by atoms with Crippen LogP contribution >= 0.6 is 11.6 Å². The molecule has 0 amide bonds. The predicted octanol–water partition coefficient (Wildman–Crippen LogP) is 4.52. The first-order valence-electron chi connectivity index (χ1n) is 6.38. The quantitative estimate of drug-likeness (QED) is 0.600. The fourth-order valence-electron chi connectivity index (χ4n) is 2.61. The number of fused-ring (bicyclic) bond motifs is 1. The van der Waals surface area contributed by atoms with Crippen LogP contribution in [0.1, 0.15) is 24.0 Å². The van der Waals surface area contributed by atoms with Gasteiger partial charge in [-0.05, 0) is 48.1 Å². The van der Waals surface area contributed by atoms with Gasteiger partial charge in [-0.3, -0.25) is 0 Å². The molecular weight excluding hydrogens is 258 g/mol. The van der Waals surface area contributed by atoms with Crippen LogP contribution in [0.25, 0.3) is 11.1 Å². The van der Waals surface area contributed by atoms with Gasteiger partial charge in [0, 0.05) is 10.6 Å². The first kappa shape index (κ1) is 12.2. The Bertz CT molecular complexity index is 649. The Kier molecular flexibility index (Phi) is 3.26. The van der Waals surface area contributed by atoms with Gasteiger partial charge in [-0.25, -0.2) is 0 Å². The third kappa shape index (κ3) is 2.36. The van der Waals surface area contributed by atoms with Crippen LogP contribution in [0.4, 0.5) is 0 Å². The number of rotatable bonds is 1. The summed E-state index contributed by atoms with van der Waals surface area (Å²) in [6, 6.07) is 14.1. The van der Waals surface area contributed by atoms with E-state index in [9.17, 15) is 0 Å². The summed E-state index contributed by atoms with van der Waals surface area (Å²) in [7, 11) is 0. The van der Waals surface area contributed by atoms with Crippen molar-refractivity contribution in [3.05, 3.63) is 58.6 Å². The highest BCUT2D eigenvalue weighted by Crippen LogP contribution is 2.29. The van der Waals surface area contributed by atoms with Gasteiger partial charge in [-0.1, -0.05) is 47.1 Å². The summed E-state index contributed by atoms with van der Waals surface area (Å²) in [6.07, 6.45) is 2.91. The van der Waals surface area contributed by atoms with Crippen molar-refractivity contribution < 1.29 is 5.21 Å². The Morgan fingerprint density at radius 1 is 1.00 bits per heavy atom. The largest absolute Gasteiger partial charge is 0.411 e. The Hall–Kier alpha value is -1.80. The molecule has 0 spiro atoms. The van der Waals surface area contributed by atoms with Crippen LogP contribution in [-0.4, -0.2) is 10.9 Å². The van der Waals surface area contributed by atoms with Crippen LogP contribution in [0.15, 0.2) is 47.6 Å². The molecule has 2 aromatic rings. The summed E-state index contributed by atoms with van der Waals surface area (Å²) < 4.78 is 0. The number of oxime groups is 1. The molecule has 0 fully saturated rings. The van der Waals surface area contributed by atoms with Crippen molar-refractivity contribution in [3.63, 3.8) is 0 Å². The number of nitrogens with zero attached hydrogens (tertiary/aromatic N) is 1. The van der Waals surface area contributed by atoms with Crippen molar-refractivity contribution in [2.75, 3.05) is 0 Å². The highest BCUT2D eigenvalue weighted by Gasteiger charge is 2.16. The van der Waals surface area contributed by atoms with E-state index in [2.05, 4.69) is 23.4 Å². The minimum atomic E-state index is 0.743. The molecular formula is C16H14ClNO. The number of benzene rings is 2. The maximum atomic E-state index is 9.03. The summed E-state index contributed by atoms with van der Waals surface area (Å²) in [4.78, 5) is 0. The van der Waals surface area contributed by atoms with Crippen molar-refractivity contribution in [1.29, 1.82) is 0 Å². The lowest BCUT2D eigenvalue weighted by atomic mass is 9.88. The molecule has 1 aliphatic carbocycles. The monoisotopic (exact) mass is 271 g/mol. The van der Waals surface area contributed by atoms with Gasteiger partial charge in [0.2, 0.25) is 0 Å². The molecule has 0 bridgehead atoms. The molecule has 3 heteroatoms. The van der Waals surface area contributed by atoms with Crippen molar-refractivity contribution in [3.8, 4) is 11.1 Å². The zero-order valence-electron chi connectivity index (χ0n) is 10.4. The Morgan fingerprint density at radius 3 is 2.63 bits per heavy atom. The van der Waals surface area contributed by atoms with Crippen molar-refractivity contribution in [2.24, 2.45) is 5.16 Å². The van der Waals surface area contributed by atoms with Crippen LogP contribution in [-0.2, 0) is 6.42 Å². The topological polar surface area (TPSA) is 32.6 Å². The Labute approximate surface area is 117 Å². The summed E-state index contributed by atoms with van der Waals surface area (Å²) in [5, 5.41) is 13.2. The highest BCUT2D eigenvalue weighted by molar-refractivity contribution is 6.30. The van der Waals surface area contributed by atoms with Crippen molar-refractivity contribution >= 4 is 17.3 Å². The molecule has 0 saturated carbocycles. The first-order valence-corrected chi connectivity index (χ1v) is 6.76. The number of halogens is 1. The fraction of sp³-hybridized carbons (Fsp3) is 0.188. The SMILES string of the molecule is ON=C1CCCc2cc(-c3cccc(Cl)c3)ccc21. The molecule has 0 aromatic heterocycles. The van der Waals surface area contributed by atoms with Crippen molar-refractivity contribution in [1.82, 2.24) is 0 Å². The molecule has 1 aliphatic rings. The molecule has 2 aromatic carbocycles. The normalized spacial score (nSPS) is 16.4. The zero-order chi connectivity index (χ0) is 13.2. The molecule has 0 heterocycles. The van der Waals surface area contributed by atoms with Gasteiger partial charge in [-0.15, -0.1) is 0 Å². The van der Waals surface area contributed by atoms with Crippen LogP contribution in [0.5, 0.6) is 0 Å². The Balaban J connectivity index is 2.07. The predicted molar refractivity (Wildman–Crippen MR) is 78.1 cm³/mol. The lowest BCUT2D eigenvalue weighted by Crippen LogP contribution is -2.11. The van der Waals surface area contributed by atoms with E-state index in [-0.39, 0.29) is 0 Å². The highest BCUT2D eigenvalue weighted by atomic mass is 35.5. The molecule has 0 radical (unpaired) electrons. The van der Waals surface area contributed by atoms with E-state index in [4.69, 9.17) is 16.8 Å². The van der Waals surface area contributed by atoms with Gasteiger partial charge in [0.05, 0.1) is 5.71 Å². The van der Waals surface area contributed by atoms with Gasteiger partial charge in [0.1, 0.15) is 0 Å². The molecule has 1 N–H and O–H groups in total. The minimum absolute atomic E-state index is 0.743. The van der Waals surface area contributed by atoms with E-state index in [0.717, 1.165) is 46.7 Å². The molecule has 0 aliphatic heterocycles. The zero-order valence-corrected chi connectivity index (χ0v) is 11.2. The smallest absolute Gasteiger partial charge is 0.0870 e. The second-order valence-corrected chi connectivity index (χ2v) is 5.22. The lowest BCUT2D eigenvalue weighted by Gasteiger charge is -2.17. The fourth-order valence-corrected chi connectivity index (χ4v) is 2.80. The van der Waals surface area contributed by atoms with Crippen LogP contribution in [0.3, 0.4) is 0 Å². The minimum Gasteiger partial charge on any atom is -0.411 e. The summed E-state index contributed by atoms with van der Waals surface area (Å²) in [6.45, 7) is 0. The van der Waals surface area contributed by atoms with E-state index < -0.39 is 0 Å². The molecule has 0 saturated heterocycles. The maximum absolute atomic E-state index is 9.03. The molecule has 0 atom stereocenters. The van der Waals surface area contributed by atoms with E-state index in [1.807, 2.05) is 24.3 Å². The first-order chi connectivity index (χ1) is 9.28. The summed E-state index contributed by atoms with van der Waals surface area (Å²) in [5.74, 6) is 0. The summed E-state index contributed by atoms with van der Waals surface area (Å²) in [5.41, 5.74) is 5.37. The van der Waals surface area contributed by atoms with Gasteiger partial charge in [0.25, 0.3) is 0 Å². The summed E-state index contributed by atoms with van der Waals surface area (Å²) >= 11 is 6.03. The average molecular weight is 272 g/mol. The van der Waals surface area contributed by atoms with Gasteiger partial charge < -0.3 is 5.21 Å². The number of aryl methyl sites for hydroxylation is 1. The van der Waals surface area contributed by atoms with E-state index in [1.54, 1.807) is 0 Å². The van der Waals surface area contributed by atoms with Gasteiger partial charge >= 0.3 is 0 Å². The molecule has 96 valence electrons. The van der Waals surface area contributed by atoms with Gasteiger partial charge in [-0.2, -0.15) is 0 Å². The third-order valence-corrected chi connectivity index (χ3v) is 3.79. The van der Waals surface area contributed by atoms with E-state index in [0.29, 0.717) is 0 Å². The Morgan fingerprint density at radius 2 is 1.84 bits per heavy atom. The second kappa shape index (κ2) is 5.06. The van der Waals surface area contributed by atoms with Crippen molar-refractivity contribution in [2.45, 2.75) is 19.3 Å². The number of hydrogen-bond acceptors (Lipinski definition) is 2. The van der Waals surface area contributed by atoms with E-state index in [1.165, 1.54) is 5.56 Å². The van der Waals surface area contributed by atoms with Crippen LogP contribution in [0, 0.1) is 0 Å². The van der Waals surface area contributed by atoms with E-state index >= 15 is 0 Å². The lowest BCUT2D eigenvalue weighted by molar-refractivity contribution is 0.317. The molecule has 2 nitrogen and oxygen atoms in total.